The van der Waals surface area contributed by atoms with Gasteiger partial charge in [-0.1, -0.05) is 11.6 Å². The summed E-state index contributed by atoms with van der Waals surface area (Å²) in [5.74, 6) is -0.635. The van der Waals surface area contributed by atoms with Gasteiger partial charge in [-0.25, -0.2) is 0 Å². The first-order valence-corrected chi connectivity index (χ1v) is 4.91. The molecule has 2 nitrogen and oxygen atoms in total. The van der Waals surface area contributed by atoms with E-state index in [2.05, 4.69) is 0 Å². The number of thiophene rings is 1. The van der Waals surface area contributed by atoms with E-state index in [9.17, 15) is 4.79 Å². The van der Waals surface area contributed by atoms with E-state index in [1.807, 2.05) is 11.4 Å². The Morgan fingerprint density at radius 1 is 1.75 bits per heavy atom. The third kappa shape index (κ3) is 1.34. The zero-order chi connectivity index (χ0) is 8.72. The fraction of sp³-hybridized carbons (Fsp3) is 0.375. The maximum atomic E-state index is 10.5. The summed E-state index contributed by atoms with van der Waals surface area (Å²) in [4.78, 5) is 11.6. The van der Waals surface area contributed by atoms with Crippen LogP contribution in [0.3, 0.4) is 0 Å². The van der Waals surface area contributed by atoms with Crippen LogP contribution in [0.1, 0.15) is 17.2 Å². The van der Waals surface area contributed by atoms with Crippen LogP contribution in [0.5, 0.6) is 0 Å². The number of carbonyl (C=O) groups is 1. The van der Waals surface area contributed by atoms with Crippen molar-refractivity contribution in [1.82, 2.24) is 0 Å². The summed E-state index contributed by atoms with van der Waals surface area (Å²) < 4.78 is 0. The maximum Gasteiger partial charge on any atom is 0.307 e. The maximum absolute atomic E-state index is 10.5. The van der Waals surface area contributed by atoms with E-state index >= 15 is 0 Å². The van der Waals surface area contributed by atoms with Crippen molar-refractivity contribution in [1.29, 1.82) is 0 Å². The first-order valence-electron chi connectivity index (χ1n) is 3.65. The molecule has 0 bridgehead atoms. The average molecular weight is 203 g/mol. The molecule has 1 N–H and O–H groups in total. The molecule has 12 heavy (non-hydrogen) atoms. The quantitative estimate of drug-likeness (QED) is 0.801. The van der Waals surface area contributed by atoms with E-state index in [0.717, 1.165) is 11.3 Å². The normalized spacial score (nSPS) is 27.1. The molecule has 4 heteroatoms. The van der Waals surface area contributed by atoms with Crippen molar-refractivity contribution >= 4 is 28.9 Å². The molecule has 2 rings (SSSR count). The smallest absolute Gasteiger partial charge is 0.307 e. The lowest BCUT2D eigenvalue weighted by atomic mass is 10.3. The lowest BCUT2D eigenvalue weighted by Crippen LogP contribution is -1.97. The average Bonchev–Trinajstić information content (AvgIpc) is 2.70. The molecule has 0 unspecified atom stereocenters. The van der Waals surface area contributed by atoms with Crippen molar-refractivity contribution in [3.63, 3.8) is 0 Å². The third-order valence-electron chi connectivity index (χ3n) is 2.06. The first kappa shape index (κ1) is 8.08. The van der Waals surface area contributed by atoms with Crippen molar-refractivity contribution in [3.8, 4) is 0 Å². The highest BCUT2D eigenvalue weighted by molar-refractivity contribution is 7.10. The zero-order valence-corrected chi connectivity index (χ0v) is 7.73. The second-order valence-electron chi connectivity index (χ2n) is 2.95. The minimum Gasteiger partial charge on any atom is -0.481 e. The third-order valence-corrected chi connectivity index (χ3v) is 3.47. The van der Waals surface area contributed by atoms with E-state index in [0.29, 0.717) is 5.02 Å². The summed E-state index contributed by atoms with van der Waals surface area (Å²) in [6.45, 7) is 0. The molecular formula is C8H7ClO2S. The summed E-state index contributed by atoms with van der Waals surface area (Å²) in [6.07, 6.45) is 0.770. The Kier molecular flexibility index (Phi) is 1.85. The Morgan fingerprint density at radius 3 is 2.92 bits per heavy atom. The minimum absolute atomic E-state index is 0.167. The number of carboxylic acid groups (broad SMARTS) is 1. The highest BCUT2D eigenvalue weighted by Gasteiger charge is 2.44. The molecule has 1 aromatic heterocycles. The summed E-state index contributed by atoms with van der Waals surface area (Å²) in [7, 11) is 0. The van der Waals surface area contributed by atoms with E-state index in [1.165, 1.54) is 0 Å². The number of carboxylic acids is 1. The molecule has 0 radical (unpaired) electrons. The van der Waals surface area contributed by atoms with Gasteiger partial charge in [-0.3, -0.25) is 4.79 Å². The number of hydrogen-bond acceptors (Lipinski definition) is 2. The van der Waals surface area contributed by atoms with E-state index < -0.39 is 5.97 Å². The Morgan fingerprint density at radius 2 is 2.50 bits per heavy atom. The predicted molar refractivity (Wildman–Crippen MR) is 47.8 cm³/mol. The van der Waals surface area contributed by atoms with Crippen LogP contribution in [-0.4, -0.2) is 11.1 Å². The summed E-state index contributed by atoms with van der Waals surface area (Å²) >= 11 is 7.27. The van der Waals surface area contributed by atoms with Gasteiger partial charge < -0.3 is 5.11 Å². The second kappa shape index (κ2) is 2.75. The van der Waals surface area contributed by atoms with E-state index in [-0.39, 0.29) is 11.8 Å². The van der Waals surface area contributed by atoms with Gasteiger partial charge in [0.25, 0.3) is 0 Å². The van der Waals surface area contributed by atoms with Crippen LogP contribution in [0.4, 0.5) is 0 Å². The van der Waals surface area contributed by atoms with Crippen LogP contribution in [0.2, 0.25) is 5.02 Å². The van der Waals surface area contributed by atoms with Crippen LogP contribution in [0.15, 0.2) is 11.4 Å². The lowest BCUT2D eigenvalue weighted by Gasteiger charge is -1.89. The van der Waals surface area contributed by atoms with Gasteiger partial charge in [0, 0.05) is 16.2 Å². The zero-order valence-electron chi connectivity index (χ0n) is 6.16. The fourth-order valence-electron chi connectivity index (χ4n) is 1.31. The van der Waals surface area contributed by atoms with Crippen molar-refractivity contribution in [2.45, 2.75) is 12.3 Å². The first-order chi connectivity index (χ1) is 5.68. The molecule has 1 aliphatic carbocycles. The molecule has 2 atom stereocenters. The standard InChI is InChI=1S/C8H7ClO2S/c9-4-1-7(12-3-4)5-2-6(5)8(10)11/h1,3,5-6H,2H2,(H,10,11)/t5-,6-/m0/s1. The molecule has 0 amide bonds. The van der Waals surface area contributed by atoms with Gasteiger partial charge >= 0.3 is 5.97 Å². The monoisotopic (exact) mass is 202 g/mol. The van der Waals surface area contributed by atoms with Gasteiger partial charge in [0.15, 0.2) is 0 Å². The molecule has 1 saturated carbocycles. The molecule has 1 fully saturated rings. The number of hydrogen-bond donors (Lipinski definition) is 1. The van der Waals surface area contributed by atoms with Crippen LogP contribution in [0, 0.1) is 5.92 Å². The van der Waals surface area contributed by atoms with Gasteiger partial charge in [0.2, 0.25) is 0 Å². The summed E-state index contributed by atoms with van der Waals surface area (Å²) in [6, 6.07) is 1.86. The number of aliphatic carboxylic acids is 1. The van der Waals surface area contributed by atoms with Gasteiger partial charge in [-0.2, -0.15) is 0 Å². The molecule has 64 valence electrons. The molecule has 0 aliphatic heterocycles. The predicted octanol–water partition coefficient (Wildman–Crippen LogP) is 2.59. The van der Waals surface area contributed by atoms with Crippen LogP contribution >= 0.6 is 22.9 Å². The molecule has 0 saturated heterocycles. The van der Waals surface area contributed by atoms with Crippen LogP contribution in [-0.2, 0) is 4.79 Å². The molecule has 1 aromatic rings. The van der Waals surface area contributed by atoms with Crippen molar-refractivity contribution in [3.05, 3.63) is 21.3 Å². The van der Waals surface area contributed by atoms with Crippen LogP contribution < -0.4 is 0 Å². The summed E-state index contributed by atoms with van der Waals surface area (Å²) in [5.41, 5.74) is 0. The van der Waals surface area contributed by atoms with Gasteiger partial charge in [-0.05, 0) is 12.5 Å². The van der Waals surface area contributed by atoms with Crippen molar-refractivity contribution < 1.29 is 9.90 Å². The van der Waals surface area contributed by atoms with Gasteiger partial charge in [-0.15, -0.1) is 11.3 Å². The van der Waals surface area contributed by atoms with Crippen molar-refractivity contribution in [2.24, 2.45) is 5.92 Å². The minimum atomic E-state index is -0.690. The van der Waals surface area contributed by atoms with Gasteiger partial charge in [0.1, 0.15) is 0 Å². The Labute approximate surface area is 78.8 Å². The Balaban J connectivity index is 2.10. The van der Waals surface area contributed by atoms with E-state index in [4.69, 9.17) is 16.7 Å². The molecule has 0 spiro atoms. The molecule has 1 aliphatic rings. The number of halogens is 1. The van der Waals surface area contributed by atoms with Gasteiger partial charge in [0.05, 0.1) is 10.9 Å². The second-order valence-corrected chi connectivity index (χ2v) is 4.33. The molecule has 1 heterocycles. The molecular weight excluding hydrogens is 196 g/mol. The van der Waals surface area contributed by atoms with Crippen LogP contribution in [0.25, 0.3) is 0 Å². The highest BCUT2D eigenvalue weighted by atomic mass is 35.5. The highest BCUT2D eigenvalue weighted by Crippen LogP contribution is 2.49. The largest absolute Gasteiger partial charge is 0.481 e. The van der Waals surface area contributed by atoms with E-state index in [1.54, 1.807) is 11.3 Å². The molecule has 0 aromatic carbocycles. The topological polar surface area (TPSA) is 37.3 Å². The van der Waals surface area contributed by atoms with Crippen molar-refractivity contribution in [2.75, 3.05) is 0 Å². The lowest BCUT2D eigenvalue weighted by molar-refractivity contribution is -0.138. The number of rotatable bonds is 2. The fourth-order valence-corrected chi connectivity index (χ4v) is 2.57. The summed E-state index contributed by atoms with van der Waals surface area (Å²) in [5, 5.41) is 11.2. The SMILES string of the molecule is O=C(O)[C@H]1C[C@@H]1c1cc(Cl)cs1. The Hall–Kier alpha value is -0.540. The Bertz CT molecular complexity index is 321.